The smallest absolute Gasteiger partial charge is 0.163 e. The van der Waals surface area contributed by atoms with E-state index >= 15 is 0 Å². The number of Topliss-reactive ketones (excluding diaryl/α,β-unsaturated/α-hetero) is 1. The van der Waals surface area contributed by atoms with E-state index in [1.165, 1.54) is 24.8 Å². The van der Waals surface area contributed by atoms with Gasteiger partial charge in [0.15, 0.2) is 5.78 Å². The molecule has 1 heteroatoms. The quantitative estimate of drug-likeness (QED) is 0.705. The summed E-state index contributed by atoms with van der Waals surface area (Å²) in [7, 11) is 0. The molecular weight excluding hydrogens is 208 g/mol. The molecule has 92 valence electrons. The van der Waals surface area contributed by atoms with Gasteiger partial charge < -0.3 is 0 Å². The van der Waals surface area contributed by atoms with E-state index in [4.69, 9.17) is 0 Å². The molecule has 17 heavy (non-hydrogen) atoms. The average Bonchev–Trinajstić information content (AvgIpc) is 2.22. The fraction of sp³-hybridized carbons (Fsp3) is 0.562. The second-order valence-corrected chi connectivity index (χ2v) is 6.22. The zero-order valence-electron chi connectivity index (χ0n) is 11.1. The summed E-state index contributed by atoms with van der Waals surface area (Å²) in [6.45, 7) is 6.51. The van der Waals surface area contributed by atoms with E-state index in [0.717, 1.165) is 12.0 Å². The molecule has 0 atom stereocenters. The van der Waals surface area contributed by atoms with E-state index in [-0.39, 0.29) is 5.41 Å². The Morgan fingerprint density at radius 1 is 1.24 bits per heavy atom. The van der Waals surface area contributed by atoms with E-state index in [1.807, 2.05) is 18.2 Å². The van der Waals surface area contributed by atoms with Crippen molar-refractivity contribution in [3.8, 4) is 0 Å². The SMILES string of the molecule is CC(C)(C)c1ccccc1C(=O)CC1CCC1. The number of rotatable bonds is 3. The van der Waals surface area contributed by atoms with Crippen LogP contribution in [0.4, 0.5) is 0 Å². The minimum Gasteiger partial charge on any atom is -0.294 e. The van der Waals surface area contributed by atoms with Crippen molar-refractivity contribution in [1.29, 1.82) is 0 Å². The number of hydrogen-bond donors (Lipinski definition) is 0. The highest BCUT2D eigenvalue weighted by Crippen LogP contribution is 2.32. The fourth-order valence-corrected chi connectivity index (χ4v) is 2.45. The third-order valence-corrected chi connectivity index (χ3v) is 3.73. The number of benzene rings is 1. The van der Waals surface area contributed by atoms with Gasteiger partial charge in [-0.3, -0.25) is 4.79 Å². The van der Waals surface area contributed by atoms with Crippen LogP contribution in [0.25, 0.3) is 0 Å². The van der Waals surface area contributed by atoms with E-state index in [1.54, 1.807) is 0 Å². The van der Waals surface area contributed by atoms with Crippen molar-refractivity contribution < 1.29 is 4.79 Å². The van der Waals surface area contributed by atoms with Crippen LogP contribution in [-0.4, -0.2) is 5.78 Å². The Bertz CT molecular complexity index is 408. The van der Waals surface area contributed by atoms with E-state index in [9.17, 15) is 4.79 Å². The highest BCUT2D eigenvalue weighted by Gasteiger charge is 2.25. The molecule has 0 heterocycles. The predicted octanol–water partition coefficient (Wildman–Crippen LogP) is 4.36. The summed E-state index contributed by atoms with van der Waals surface area (Å²) < 4.78 is 0. The minimum absolute atomic E-state index is 0.0475. The van der Waals surface area contributed by atoms with Crippen LogP contribution in [0.2, 0.25) is 0 Å². The Morgan fingerprint density at radius 3 is 2.41 bits per heavy atom. The van der Waals surface area contributed by atoms with Crippen LogP contribution in [0.5, 0.6) is 0 Å². The van der Waals surface area contributed by atoms with Crippen LogP contribution in [0, 0.1) is 5.92 Å². The Morgan fingerprint density at radius 2 is 1.88 bits per heavy atom. The van der Waals surface area contributed by atoms with Crippen LogP contribution in [0.1, 0.15) is 62.4 Å². The molecular formula is C16H22O. The van der Waals surface area contributed by atoms with Crippen LogP contribution in [0.15, 0.2) is 24.3 Å². The zero-order valence-corrected chi connectivity index (χ0v) is 11.1. The molecule has 0 unspecified atom stereocenters. The topological polar surface area (TPSA) is 17.1 Å². The lowest BCUT2D eigenvalue weighted by molar-refractivity contribution is 0.0934. The van der Waals surface area contributed by atoms with Gasteiger partial charge in [0.2, 0.25) is 0 Å². The zero-order chi connectivity index (χ0) is 12.5. The molecule has 0 aliphatic heterocycles. The lowest BCUT2D eigenvalue weighted by Crippen LogP contribution is -2.20. The van der Waals surface area contributed by atoms with Gasteiger partial charge in [-0.1, -0.05) is 64.3 Å². The van der Waals surface area contributed by atoms with Crippen LogP contribution in [-0.2, 0) is 5.41 Å². The molecule has 1 aliphatic carbocycles. The Labute approximate surface area is 104 Å². The maximum atomic E-state index is 12.3. The lowest BCUT2D eigenvalue weighted by atomic mass is 9.78. The van der Waals surface area contributed by atoms with Gasteiger partial charge in [0.25, 0.3) is 0 Å². The summed E-state index contributed by atoms with van der Waals surface area (Å²) >= 11 is 0. The Hall–Kier alpha value is -1.11. The fourth-order valence-electron chi connectivity index (χ4n) is 2.45. The molecule has 1 aliphatic rings. The van der Waals surface area contributed by atoms with Crippen molar-refractivity contribution in [3.05, 3.63) is 35.4 Å². The number of ketones is 1. The maximum Gasteiger partial charge on any atom is 0.163 e. The third-order valence-electron chi connectivity index (χ3n) is 3.73. The molecule has 0 amide bonds. The monoisotopic (exact) mass is 230 g/mol. The summed E-state index contributed by atoms with van der Waals surface area (Å²) in [5.41, 5.74) is 2.17. The molecule has 1 nitrogen and oxygen atoms in total. The van der Waals surface area contributed by atoms with Gasteiger partial charge in [0, 0.05) is 12.0 Å². The van der Waals surface area contributed by atoms with Gasteiger partial charge in [0.05, 0.1) is 0 Å². The molecule has 0 spiro atoms. The Kier molecular flexibility index (Phi) is 3.37. The Balaban J connectivity index is 2.21. The molecule has 0 bridgehead atoms. The molecule has 0 aromatic heterocycles. The van der Waals surface area contributed by atoms with Crippen molar-refractivity contribution in [2.24, 2.45) is 5.92 Å². The third kappa shape index (κ3) is 2.77. The molecule has 1 fully saturated rings. The predicted molar refractivity (Wildman–Crippen MR) is 71.4 cm³/mol. The van der Waals surface area contributed by atoms with E-state index < -0.39 is 0 Å². The van der Waals surface area contributed by atoms with Crippen molar-refractivity contribution in [1.82, 2.24) is 0 Å². The first kappa shape index (κ1) is 12.3. The van der Waals surface area contributed by atoms with Crippen LogP contribution >= 0.6 is 0 Å². The normalized spacial score (nSPS) is 16.6. The van der Waals surface area contributed by atoms with Crippen molar-refractivity contribution >= 4 is 5.78 Å². The van der Waals surface area contributed by atoms with Gasteiger partial charge in [-0.25, -0.2) is 0 Å². The van der Waals surface area contributed by atoms with E-state index in [0.29, 0.717) is 11.7 Å². The molecule has 0 radical (unpaired) electrons. The van der Waals surface area contributed by atoms with Gasteiger partial charge in [-0.15, -0.1) is 0 Å². The maximum absolute atomic E-state index is 12.3. The standard InChI is InChI=1S/C16H22O/c1-16(2,3)14-10-5-4-9-13(14)15(17)11-12-7-6-8-12/h4-5,9-10,12H,6-8,11H2,1-3H3. The van der Waals surface area contributed by atoms with Gasteiger partial charge in [-0.05, 0) is 16.9 Å². The summed E-state index contributed by atoms with van der Waals surface area (Å²) in [5, 5.41) is 0. The van der Waals surface area contributed by atoms with Crippen LogP contribution < -0.4 is 0 Å². The first-order chi connectivity index (χ1) is 7.98. The highest BCUT2D eigenvalue weighted by molar-refractivity contribution is 5.98. The first-order valence-electron chi connectivity index (χ1n) is 6.61. The summed E-state index contributed by atoms with van der Waals surface area (Å²) in [6.07, 6.45) is 4.53. The second-order valence-electron chi connectivity index (χ2n) is 6.22. The van der Waals surface area contributed by atoms with Gasteiger partial charge >= 0.3 is 0 Å². The minimum atomic E-state index is 0.0475. The molecule has 0 N–H and O–H groups in total. The lowest BCUT2D eigenvalue weighted by Gasteiger charge is -2.26. The van der Waals surface area contributed by atoms with Crippen molar-refractivity contribution in [3.63, 3.8) is 0 Å². The number of carbonyl (C=O) groups excluding carboxylic acids is 1. The molecule has 1 aromatic carbocycles. The highest BCUT2D eigenvalue weighted by atomic mass is 16.1. The largest absolute Gasteiger partial charge is 0.294 e. The second kappa shape index (κ2) is 4.64. The molecule has 0 saturated heterocycles. The van der Waals surface area contributed by atoms with Crippen molar-refractivity contribution in [2.45, 2.75) is 51.9 Å². The summed E-state index contributed by atoms with van der Waals surface area (Å²) in [4.78, 5) is 12.3. The molecule has 2 rings (SSSR count). The average molecular weight is 230 g/mol. The molecule has 1 saturated carbocycles. The summed E-state index contributed by atoms with van der Waals surface area (Å²) in [5.74, 6) is 0.982. The number of carbonyl (C=O) groups is 1. The first-order valence-corrected chi connectivity index (χ1v) is 6.61. The van der Waals surface area contributed by atoms with Crippen LogP contribution in [0.3, 0.4) is 0 Å². The molecule has 1 aromatic rings. The van der Waals surface area contributed by atoms with Crippen molar-refractivity contribution in [2.75, 3.05) is 0 Å². The van der Waals surface area contributed by atoms with E-state index in [2.05, 4.69) is 26.8 Å². The number of hydrogen-bond acceptors (Lipinski definition) is 1. The summed E-state index contributed by atoms with van der Waals surface area (Å²) in [6, 6.07) is 8.08. The van der Waals surface area contributed by atoms with Gasteiger partial charge in [0.1, 0.15) is 0 Å². The van der Waals surface area contributed by atoms with Gasteiger partial charge in [-0.2, -0.15) is 0 Å².